The topological polar surface area (TPSA) is 27.1 Å². The van der Waals surface area contributed by atoms with Gasteiger partial charge in [-0.2, -0.15) is 0 Å². The Hall–Kier alpha value is -0.750. The van der Waals surface area contributed by atoms with Gasteiger partial charge in [-0.15, -0.1) is 0 Å². The molecule has 5 heteroatoms. The number of imidazole rings is 1. The highest BCUT2D eigenvalue weighted by Crippen LogP contribution is 2.25. The van der Waals surface area contributed by atoms with E-state index in [1.807, 2.05) is 22.8 Å². The summed E-state index contributed by atoms with van der Waals surface area (Å²) in [7, 11) is 1.65. The summed E-state index contributed by atoms with van der Waals surface area (Å²) in [5, 5.41) is 0.468. The smallest absolute Gasteiger partial charge is 0.147 e. The highest BCUT2D eigenvalue weighted by atomic mass is 127. The number of aromatic nitrogens is 2. The first-order valence-corrected chi connectivity index (χ1v) is 5.70. The molecule has 0 saturated heterocycles. The van der Waals surface area contributed by atoms with Crippen LogP contribution < -0.4 is 4.74 Å². The summed E-state index contributed by atoms with van der Waals surface area (Å²) in [6.07, 6.45) is 3.40. The number of hydrogen-bond acceptors (Lipinski definition) is 2. The molecule has 0 fully saturated rings. The number of halogens is 2. The van der Waals surface area contributed by atoms with E-state index in [9.17, 15) is 0 Å². The van der Waals surface area contributed by atoms with Crippen molar-refractivity contribution in [2.24, 2.45) is 0 Å². The maximum atomic E-state index is 5.76. The minimum Gasteiger partial charge on any atom is -0.495 e. The first-order valence-electron chi connectivity index (χ1n) is 4.24. The fourth-order valence-corrected chi connectivity index (χ4v) is 1.91. The SMILES string of the molecule is COc1cc(I)ccc1-n1cnc(Cl)c1. The molecule has 0 saturated carbocycles. The summed E-state index contributed by atoms with van der Waals surface area (Å²) in [5.41, 5.74) is 0.928. The van der Waals surface area contributed by atoms with Crippen LogP contribution in [-0.2, 0) is 0 Å². The number of nitrogens with zero attached hydrogens (tertiary/aromatic N) is 2. The third kappa shape index (κ3) is 2.26. The first-order chi connectivity index (χ1) is 7.20. The zero-order valence-electron chi connectivity index (χ0n) is 7.95. The fourth-order valence-electron chi connectivity index (χ4n) is 1.30. The molecule has 2 aromatic rings. The molecule has 78 valence electrons. The van der Waals surface area contributed by atoms with Crippen LogP contribution >= 0.6 is 34.2 Å². The second-order valence-electron chi connectivity index (χ2n) is 2.92. The highest BCUT2D eigenvalue weighted by molar-refractivity contribution is 14.1. The third-order valence-corrected chi connectivity index (χ3v) is 2.84. The third-order valence-electron chi connectivity index (χ3n) is 1.97. The number of rotatable bonds is 2. The van der Waals surface area contributed by atoms with Crippen LogP contribution in [-0.4, -0.2) is 16.7 Å². The molecule has 1 aromatic heterocycles. The molecule has 0 aliphatic rings. The van der Waals surface area contributed by atoms with E-state index in [2.05, 4.69) is 27.6 Å². The molecule has 15 heavy (non-hydrogen) atoms. The van der Waals surface area contributed by atoms with Crippen molar-refractivity contribution in [2.75, 3.05) is 7.11 Å². The maximum absolute atomic E-state index is 5.76. The van der Waals surface area contributed by atoms with Gasteiger partial charge in [-0.1, -0.05) is 11.6 Å². The predicted octanol–water partition coefficient (Wildman–Crippen LogP) is 3.14. The quantitative estimate of drug-likeness (QED) is 0.789. The Morgan fingerprint density at radius 1 is 1.47 bits per heavy atom. The summed E-state index contributed by atoms with van der Waals surface area (Å²) >= 11 is 8.00. The Labute approximate surface area is 106 Å². The van der Waals surface area contributed by atoms with Crippen molar-refractivity contribution in [3.05, 3.63) is 39.4 Å². The van der Waals surface area contributed by atoms with E-state index in [1.54, 1.807) is 19.6 Å². The Kier molecular flexibility index (Phi) is 3.16. The average Bonchev–Trinajstić information content (AvgIpc) is 2.64. The van der Waals surface area contributed by atoms with Crippen LogP contribution in [0, 0.1) is 3.57 Å². The first kappa shape index (κ1) is 10.8. The molecule has 0 N–H and O–H groups in total. The van der Waals surface area contributed by atoms with Gasteiger partial charge >= 0.3 is 0 Å². The van der Waals surface area contributed by atoms with Crippen LogP contribution in [0.4, 0.5) is 0 Å². The summed E-state index contributed by atoms with van der Waals surface area (Å²) in [4.78, 5) is 3.96. The van der Waals surface area contributed by atoms with Gasteiger partial charge in [0.15, 0.2) is 0 Å². The van der Waals surface area contributed by atoms with Crippen LogP contribution in [0.2, 0.25) is 5.15 Å². The number of hydrogen-bond donors (Lipinski definition) is 0. The molecule has 0 aliphatic heterocycles. The molecule has 1 heterocycles. The Balaban J connectivity index is 2.52. The molecule has 0 spiro atoms. The van der Waals surface area contributed by atoms with E-state index in [0.29, 0.717) is 5.15 Å². The summed E-state index contributed by atoms with van der Waals surface area (Å²) < 4.78 is 8.25. The number of methoxy groups -OCH3 is 1. The molecule has 0 bridgehead atoms. The zero-order chi connectivity index (χ0) is 10.8. The van der Waals surface area contributed by atoms with Gasteiger partial charge in [0, 0.05) is 9.77 Å². The van der Waals surface area contributed by atoms with Gasteiger partial charge in [-0.3, -0.25) is 0 Å². The van der Waals surface area contributed by atoms with Crippen LogP contribution in [0.25, 0.3) is 5.69 Å². The molecular formula is C10H8ClIN2O. The van der Waals surface area contributed by atoms with Crippen LogP contribution in [0.15, 0.2) is 30.7 Å². The van der Waals surface area contributed by atoms with E-state index >= 15 is 0 Å². The standard InChI is InChI=1S/C10H8ClIN2O/c1-15-9-4-7(12)2-3-8(9)14-5-10(11)13-6-14/h2-6H,1H3. The van der Waals surface area contributed by atoms with E-state index < -0.39 is 0 Å². The minimum atomic E-state index is 0.468. The van der Waals surface area contributed by atoms with Gasteiger partial charge in [0.25, 0.3) is 0 Å². The lowest BCUT2D eigenvalue weighted by molar-refractivity contribution is 0.412. The van der Waals surface area contributed by atoms with Gasteiger partial charge < -0.3 is 9.30 Å². The summed E-state index contributed by atoms with van der Waals surface area (Å²) in [6.45, 7) is 0. The Morgan fingerprint density at radius 2 is 2.27 bits per heavy atom. The van der Waals surface area contributed by atoms with Crippen molar-refractivity contribution < 1.29 is 4.74 Å². The van der Waals surface area contributed by atoms with Crippen molar-refractivity contribution in [1.82, 2.24) is 9.55 Å². The highest BCUT2D eigenvalue weighted by Gasteiger charge is 2.06. The second-order valence-corrected chi connectivity index (χ2v) is 4.55. The second kappa shape index (κ2) is 4.40. The lowest BCUT2D eigenvalue weighted by Gasteiger charge is -2.08. The Morgan fingerprint density at radius 3 is 2.87 bits per heavy atom. The van der Waals surface area contributed by atoms with Gasteiger partial charge in [-0.25, -0.2) is 4.98 Å². The average molecular weight is 335 g/mol. The molecule has 0 aliphatic carbocycles. The molecule has 0 amide bonds. The predicted molar refractivity (Wildman–Crippen MR) is 67.8 cm³/mol. The van der Waals surface area contributed by atoms with Gasteiger partial charge in [0.2, 0.25) is 0 Å². The lowest BCUT2D eigenvalue weighted by Crippen LogP contribution is -1.95. The van der Waals surface area contributed by atoms with E-state index in [4.69, 9.17) is 16.3 Å². The largest absolute Gasteiger partial charge is 0.495 e. The van der Waals surface area contributed by atoms with E-state index in [-0.39, 0.29) is 0 Å². The van der Waals surface area contributed by atoms with E-state index in [1.165, 1.54) is 0 Å². The summed E-state index contributed by atoms with van der Waals surface area (Å²) in [5.74, 6) is 0.802. The molecule has 0 atom stereocenters. The zero-order valence-corrected chi connectivity index (χ0v) is 10.9. The van der Waals surface area contributed by atoms with Crippen LogP contribution in [0.5, 0.6) is 5.75 Å². The lowest BCUT2D eigenvalue weighted by atomic mass is 10.3. The van der Waals surface area contributed by atoms with Crippen molar-refractivity contribution in [2.45, 2.75) is 0 Å². The van der Waals surface area contributed by atoms with Crippen molar-refractivity contribution in [3.8, 4) is 11.4 Å². The summed E-state index contributed by atoms with van der Waals surface area (Å²) in [6, 6.07) is 5.94. The molecule has 1 aromatic carbocycles. The van der Waals surface area contributed by atoms with Crippen molar-refractivity contribution >= 4 is 34.2 Å². The molecule has 2 rings (SSSR count). The van der Waals surface area contributed by atoms with Gasteiger partial charge in [0.05, 0.1) is 12.8 Å². The molecule has 0 radical (unpaired) electrons. The van der Waals surface area contributed by atoms with Crippen molar-refractivity contribution in [1.29, 1.82) is 0 Å². The van der Waals surface area contributed by atoms with Crippen molar-refractivity contribution in [3.63, 3.8) is 0 Å². The Bertz CT molecular complexity index is 484. The van der Waals surface area contributed by atoms with Crippen LogP contribution in [0.1, 0.15) is 0 Å². The maximum Gasteiger partial charge on any atom is 0.147 e. The van der Waals surface area contributed by atoms with Gasteiger partial charge in [-0.05, 0) is 40.8 Å². The van der Waals surface area contributed by atoms with E-state index in [0.717, 1.165) is 15.0 Å². The minimum absolute atomic E-state index is 0.468. The normalized spacial score (nSPS) is 10.3. The van der Waals surface area contributed by atoms with Crippen LogP contribution in [0.3, 0.4) is 0 Å². The van der Waals surface area contributed by atoms with Gasteiger partial charge in [0.1, 0.15) is 17.2 Å². The fraction of sp³-hybridized carbons (Fsp3) is 0.100. The molecular weight excluding hydrogens is 326 g/mol. The molecule has 3 nitrogen and oxygen atoms in total. The number of ether oxygens (including phenoxy) is 1. The molecule has 0 unspecified atom stereocenters. The monoisotopic (exact) mass is 334 g/mol. The number of benzene rings is 1.